The van der Waals surface area contributed by atoms with E-state index in [1.807, 2.05) is 6.92 Å². The van der Waals surface area contributed by atoms with E-state index in [1.54, 1.807) is 36.5 Å². The fraction of sp³-hybridized carbons (Fsp3) is 0.316. The van der Waals surface area contributed by atoms with Crippen LogP contribution in [0, 0.1) is 5.82 Å². The van der Waals surface area contributed by atoms with Crippen molar-refractivity contribution >= 4 is 22.7 Å². The largest absolute Gasteiger partial charge is 0.379 e. The highest BCUT2D eigenvalue weighted by Crippen LogP contribution is 2.39. The van der Waals surface area contributed by atoms with Crippen molar-refractivity contribution in [3.8, 4) is 0 Å². The number of ketones is 1. The Bertz CT molecular complexity index is 810. The highest BCUT2D eigenvalue weighted by molar-refractivity contribution is 8.13. The van der Waals surface area contributed by atoms with Crippen LogP contribution in [0.2, 0.25) is 0 Å². The average Bonchev–Trinajstić information content (AvgIpc) is 2.64. The van der Waals surface area contributed by atoms with Gasteiger partial charge in [0, 0.05) is 23.9 Å². The molecule has 3 rings (SSSR count). The number of benzene rings is 1. The molecule has 1 aliphatic heterocycles. The Kier molecular flexibility index (Phi) is 5.18. The van der Waals surface area contributed by atoms with Gasteiger partial charge in [-0.15, -0.1) is 0 Å². The molecule has 0 amide bonds. The van der Waals surface area contributed by atoms with E-state index in [2.05, 4.69) is 9.98 Å². The molecule has 25 heavy (non-hydrogen) atoms. The molecule has 0 spiro atoms. The van der Waals surface area contributed by atoms with Crippen LogP contribution in [0.4, 0.5) is 4.39 Å². The summed E-state index contributed by atoms with van der Waals surface area (Å²) in [5, 5.41) is 0.488. The van der Waals surface area contributed by atoms with Gasteiger partial charge in [-0.1, -0.05) is 30.8 Å². The minimum atomic E-state index is -0.649. The van der Waals surface area contributed by atoms with Crippen molar-refractivity contribution in [1.82, 2.24) is 4.98 Å². The van der Waals surface area contributed by atoms with E-state index in [1.165, 1.54) is 17.8 Å². The molecule has 2 N–H and O–H groups in total. The number of Topliss-reactive ketones (excluding diaryl/α,β-unsaturated/α-hetero) is 1. The van der Waals surface area contributed by atoms with Crippen LogP contribution < -0.4 is 5.73 Å². The first-order chi connectivity index (χ1) is 12.0. The van der Waals surface area contributed by atoms with Crippen LogP contribution >= 0.6 is 11.8 Å². The van der Waals surface area contributed by atoms with E-state index < -0.39 is 5.54 Å². The molecule has 0 fully saturated rings. The monoisotopic (exact) mass is 357 g/mol. The van der Waals surface area contributed by atoms with E-state index in [4.69, 9.17) is 5.73 Å². The molecule has 1 aromatic carbocycles. The van der Waals surface area contributed by atoms with Gasteiger partial charge in [-0.3, -0.25) is 14.8 Å². The summed E-state index contributed by atoms with van der Waals surface area (Å²) >= 11 is 1.49. The van der Waals surface area contributed by atoms with Gasteiger partial charge in [-0.05, 0) is 42.7 Å². The number of rotatable bonds is 5. The average molecular weight is 357 g/mol. The molecule has 2 heterocycles. The predicted octanol–water partition coefficient (Wildman–Crippen LogP) is 3.70. The Balaban J connectivity index is 1.93. The third-order valence-electron chi connectivity index (χ3n) is 4.52. The molecular formula is C19H20FN3OS. The number of aromatic nitrogens is 1. The molecule has 0 radical (unpaired) electrons. The first kappa shape index (κ1) is 17.6. The second kappa shape index (κ2) is 7.35. The molecule has 4 nitrogen and oxygen atoms in total. The van der Waals surface area contributed by atoms with Crippen LogP contribution in [-0.4, -0.2) is 21.7 Å². The van der Waals surface area contributed by atoms with Crippen molar-refractivity contribution in [1.29, 1.82) is 0 Å². The molecule has 6 heteroatoms. The zero-order valence-electron chi connectivity index (χ0n) is 14.0. The quantitative estimate of drug-likeness (QED) is 0.829. The van der Waals surface area contributed by atoms with Gasteiger partial charge >= 0.3 is 0 Å². The van der Waals surface area contributed by atoms with E-state index in [0.29, 0.717) is 22.8 Å². The number of hydrogen-bond acceptors (Lipinski definition) is 5. The first-order valence-corrected chi connectivity index (χ1v) is 9.24. The third-order valence-corrected chi connectivity index (χ3v) is 5.32. The van der Waals surface area contributed by atoms with Gasteiger partial charge in [0.15, 0.2) is 11.0 Å². The minimum absolute atomic E-state index is 0.0917. The van der Waals surface area contributed by atoms with Crippen molar-refractivity contribution < 1.29 is 9.18 Å². The van der Waals surface area contributed by atoms with Crippen molar-refractivity contribution in [3.05, 3.63) is 65.2 Å². The number of carbonyl (C=O) groups is 1. The minimum Gasteiger partial charge on any atom is -0.379 e. The number of aliphatic imine (C=N–C) groups is 1. The maximum Gasteiger partial charge on any atom is 0.185 e. The second-order valence-corrected chi connectivity index (χ2v) is 7.18. The lowest BCUT2D eigenvalue weighted by atomic mass is 9.83. The van der Waals surface area contributed by atoms with Gasteiger partial charge in [0.25, 0.3) is 0 Å². The number of thioether (sulfide) groups is 1. The summed E-state index contributed by atoms with van der Waals surface area (Å²) in [6.07, 6.45) is 3.15. The molecule has 130 valence electrons. The zero-order valence-corrected chi connectivity index (χ0v) is 14.9. The fourth-order valence-corrected chi connectivity index (χ4v) is 4.00. The van der Waals surface area contributed by atoms with E-state index in [-0.39, 0.29) is 18.0 Å². The number of pyridine rings is 1. The third kappa shape index (κ3) is 3.74. The van der Waals surface area contributed by atoms with Crippen LogP contribution in [0.25, 0.3) is 0 Å². The van der Waals surface area contributed by atoms with Gasteiger partial charge in [-0.2, -0.15) is 0 Å². The lowest BCUT2D eigenvalue weighted by Crippen LogP contribution is -2.32. The topological polar surface area (TPSA) is 68.3 Å². The molecular weight excluding hydrogens is 337 g/mol. The number of amidine groups is 1. The Morgan fingerprint density at radius 1 is 1.36 bits per heavy atom. The van der Waals surface area contributed by atoms with Crippen molar-refractivity contribution in [2.24, 2.45) is 10.7 Å². The molecule has 0 aliphatic carbocycles. The van der Waals surface area contributed by atoms with Gasteiger partial charge in [-0.25, -0.2) is 4.39 Å². The van der Waals surface area contributed by atoms with Crippen LogP contribution in [0.3, 0.4) is 0 Å². The van der Waals surface area contributed by atoms with Crippen LogP contribution in [0.15, 0.2) is 47.6 Å². The van der Waals surface area contributed by atoms with Crippen LogP contribution in [0.5, 0.6) is 0 Å². The summed E-state index contributed by atoms with van der Waals surface area (Å²) in [6.45, 7) is 1.98. The van der Waals surface area contributed by atoms with Gasteiger partial charge in [0.1, 0.15) is 11.5 Å². The SMILES string of the molecule is CC[C@@]1(c2cc(CC(=O)c3ccccn3)ccc2F)CCSC(N)=N1. The number of halogens is 1. The summed E-state index contributed by atoms with van der Waals surface area (Å²) in [5.41, 5.74) is 6.93. The Hall–Kier alpha value is -2.21. The summed E-state index contributed by atoms with van der Waals surface area (Å²) in [4.78, 5) is 21.0. The molecule has 2 aromatic rings. The van der Waals surface area contributed by atoms with Gasteiger partial charge in [0.05, 0.1) is 5.54 Å². The molecule has 0 bridgehead atoms. The lowest BCUT2D eigenvalue weighted by molar-refractivity contribution is 0.0988. The number of nitrogens with zero attached hydrogens (tertiary/aromatic N) is 2. The molecule has 1 atom stereocenters. The van der Waals surface area contributed by atoms with Crippen LogP contribution in [-0.2, 0) is 12.0 Å². The number of hydrogen-bond donors (Lipinski definition) is 1. The maximum absolute atomic E-state index is 14.6. The zero-order chi connectivity index (χ0) is 17.9. The van der Waals surface area contributed by atoms with Gasteiger partial charge in [0.2, 0.25) is 0 Å². The van der Waals surface area contributed by atoms with Gasteiger partial charge < -0.3 is 5.73 Å². The van der Waals surface area contributed by atoms with Crippen molar-refractivity contribution in [2.75, 3.05) is 5.75 Å². The fourth-order valence-electron chi connectivity index (χ4n) is 3.11. The van der Waals surface area contributed by atoms with E-state index in [0.717, 1.165) is 17.7 Å². The second-order valence-electron chi connectivity index (χ2n) is 6.06. The Labute approximate surface area is 150 Å². The summed E-state index contributed by atoms with van der Waals surface area (Å²) in [5.74, 6) is 0.407. The standard InChI is InChI=1S/C19H20FN3OS/c1-2-19(8-10-25-18(21)23-19)14-11-13(6-7-15(14)20)12-17(24)16-5-3-4-9-22-16/h3-7,9,11H,2,8,10,12H2,1H3,(H2,21,23)/t19-/m0/s1. The highest BCUT2D eigenvalue weighted by Gasteiger charge is 2.35. The molecule has 1 aromatic heterocycles. The Morgan fingerprint density at radius 3 is 2.88 bits per heavy atom. The molecule has 0 saturated heterocycles. The molecule has 1 aliphatic rings. The smallest absolute Gasteiger partial charge is 0.185 e. The lowest BCUT2D eigenvalue weighted by Gasteiger charge is -2.33. The Morgan fingerprint density at radius 2 is 2.20 bits per heavy atom. The summed E-state index contributed by atoms with van der Waals surface area (Å²) < 4.78 is 14.6. The number of carbonyl (C=O) groups excluding carboxylic acids is 1. The summed E-state index contributed by atoms with van der Waals surface area (Å²) in [6, 6.07) is 10.0. The predicted molar refractivity (Wildman–Crippen MR) is 99.3 cm³/mol. The first-order valence-electron chi connectivity index (χ1n) is 8.25. The van der Waals surface area contributed by atoms with E-state index in [9.17, 15) is 9.18 Å². The summed E-state index contributed by atoms with van der Waals surface area (Å²) in [7, 11) is 0. The molecule has 0 unspecified atom stereocenters. The molecule has 0 saturated carbocycles. The van der Waals surface area contributed by atoms with Crippen molar-refractivity contribution in [2.45, 2.75) is 31.7 Å². The number of nitrogens with two attached hydrogens (primary N) is 1. The van der Waals surface area contributed by atoms with Crippen molar-refractivity contribution in [3.63, 3.8) is 0 Å². The highest BCUT2D eigenvalue weighted by atomic mass is 32.2. The maximum atomic E-state index is 14.6. The normalized spacial score (nSPS) is 20.2. The van der Waals surface area contributed by atoms with Crippen LogP contribution in [0.1, 0.15) is 41.4 Å². The van der Waals surface area contributed by atoms with E-state index >= 15 is 0 Å².